The Kier molecular flexibility index (Phi) is 2.59. The molecule has 0 saturated carbocycles. The molecule has 15 heavy (non-hydrogen) atoms. The van der Waals surface area contributed by atoms with Crippen LogP contribution in [0, 0.1) is 6.92 Å². The van der Waals surface area contributed by atoms with E-state index in [9.17, 15) is 4.79 Å². The molecule has 6 heteroatoms. The van der Waals surface area contributed by atoms with E-state index in [1.165, 1.54) is 11.8 Å². The Balaban J connectivity index is 2.27. The standard InChI is InChI=1S/C9H9N3O2S/c1-5-2-3-6-8(11-5)12-9(14-6)15-4-7(10)13/h2-3H,4H2,1H3,(H2,10,13). The Hall–Kier alpha value is -1.56. The number of aromatic nitrogens is 2. The van der Waals surface area contributed by atoms with E-state index in [0.29, 0.717) is 16.5 Å². The van der Waals surface area contributed by atoms with E-state index in [2.05, 4.69) is 9.97 Å². The van der Waals surface area contributed by atoms with E-state index < -0.39 is 5.91 Å². The van der Waals surface area contributed by atoms with E-state index in [1.54, 1.807) is 6.07 Å². The lowest BCUT2D eigenvalue weighted by Crippen LogP contribution is -2.12. The second-order valence-electron chi connectivity index (χ2n) is 3.01. The van der Waals surface area contributed by atoms with Crippen LogP contribution in [0.3, 0.4) is 0 Å². The number of amides is 1. The largest absolute Gasteiger partial charge is 0.430 e. The monoisotopic (exact) mass is 223 g/mol. The summed E-state index contributed by atoms with van der Waals surface area (Å²) < 4.78 is 5.36. The number of hydrogen-bond donors (Lipinski definition) is 1. The highest BCUT2D eigenvalue weighted by Gasteiger charge is 2.08. The number of nitrogens with two attached hydrogens (primary N) is 1. The molecule has 78 valence electrons. The molecular weight excluding hydrogens is 214 g/mol. The van der Waals surface area contributed by atoms with Crippen molar-refractivity contribution in [1.29, 1.82) is 0 Å². The minimum atomic E-state index is -0.397. The molecule has 0 bridgehead atoms. The van der Waals surface area contributed by atoms with Gasteiger partial charge in [0.2, 0.25) is 5.91 Å². The van der Waals surface area contributed by atoms with Crippen LogP contribution in [0.25, 0.3) is 11.2 Å². The van der Waals surface area contributed by atoms with Crippen LogP contribution in [0.15, 0.2) is 21.8 Å². The Labute approximate surface area is 90.1 Å². The normalized spacial score (nSPS) is 10.7. The minimum Gasteiger partial charge on any atom is -0.430 e. The molecule has 2 N–H and O–H groups in total. The van der Waals surface area contributed by atoms with Gasteiger partial charge in [-0.2, -0.15) is 4.98 Å². The van der Waals surface area contributed by atoms with Crippen LogP contribution in [-0.4, -0.2) is 21.6 Å². The number of fused-ring (bicyclic) bond motifs is 1. The molecule has 0 aliphatic rings. The molecule has 0 unspecified atom stereocenters. The second kappa shape index (κ2) is 3.90. The topological polar surface area (TPSA) is 82.0 Å². The first-order valence-electron chi connectivity index (χ1n) is 4.30. The Morgan fingerprint density at radius 2 is 2.33 bits per heavy atom. The van der Waals surface area contributed by atoms with Gasteiger partial charge in [0.25, 0.3) is 5.22 Å². The average molecular weight is 223 g/mol. The van der Waals surface area contributed by atoms with Crippen molar-refractivity contribution in [3.63, 3.8) is 0 Å². The van der Waals surface area contributed by atoms with Crippen molar-refractivity contribution >= 4 is 28.9 Å². The third-order valence-corrected chi connectivity index (χ3v) is 2.56. The molecule has 2 aromatic rings. The smallest absolute Gasteiger partial charge is 0.258 e. The maximum absolute atomic E-state index is 10.6. The van der Waals surface area contributed by atoms with Crippen LogP contribution in [0.4, 0.5) is 0 Å². The molecule has 2 rings (SSSR count). The first-order chi connectivity index (χ1) is 7.15. The summed E-state index contributed by atoms with van der Waals surface area (Å²) in [6, 6.07) is 3.65. The molecule has 2 heterocycles. The number of aryl methyl sites for hydroxylation is 1. The van der Waals surface area contributed by atoms with Gasteiger partial charge in [0.1, 0.15) is 0 Å². The van der Waals surface area contributed by atoms with Gasteiger partial charge in [-0.05, 0) is 19.1 Å². The molecular formula is C9H9N3O2S. The predicted molar refractivity (Wildman–Crippen MR) is 56.5 cm³/mol. The maximum Gasteiger partial charge on any atom is 0.258 e. The maximum atomic E-state index is 10.6. The van der Waals surface area contributed by atoms with Gasteiger partial charge < -0.3 is 10.2 Å². The van der Waals surface area contributed by atoms with Gasteiger partial charge in [-0.25, -0.2) is 4.98 Å². The molecule has 0 aromatic carbocycles. The number of rotatable bonds is 3. The summed E-state index contributed by atoms with van der Waals surface area (Å²) in [6.07, 6.45) is 0. The third kappa shape index (κ3) is 2.27. The fourth-order valence-corrected chi connectivity index (χ4v) is 1.65. The molecule has 0 fully saturated rings. The SMILES string of the molecule is Cc1ccc2oc(SCC(N)=O)nc2n1. The predicted octanol–water partition coefficient (Wildman–Crippen LogP) is 1.11. The van der Waals surface area contributed by atoms with Crippen LogP contribution < -0.4 is 5.73 Å². The molecule has 5 nitrogen and oxygen atoms in total. The van der Waals surface area contributed by atoms with E-state index in [0.717, 1.165) is 5.69 Å². The lowest BCUT2D eigenvalue weighted by atomic mass is 10.4. The zero-order valence-corrected chi connectivity index (χ0v) is 8.87. The molecule has 0 spiro atoms. The number of pyridine rings is 1. The van der Waals surface area contributed by atoms with Gasteiger partial charge >= 0.3 is 0 Å². The van der Waals surface area contributed by atoms with Gasteiger partial charge in [0.15, 0.2) is 11.2 Å². The third-order valence-electron chi connectivity index (χ3n) is 1.71. The highest BCUT2D eigenvalue weighted by atomic mass is 32.2. The highest BCUT2D eigenvalue weighted by Crippen LogP contribution is 2.21. The number of nitrogens with zero attached hydrogens (tertiary/aromatic N) is 2. The van der Waals surface area contributed by atoms with Crippen LogP contribution in [0.5, 0.6) is 0 Å². The lowest BCUT2D eigenvalue weighted by Gasteiger charge is -1.88. The molecule has 1 amide bonds. The molecule has 2 aromatic heterocycles. The van der Waals surface area contributed by atoms with E-state index in [4.69, 9.17) is 10.2 Å². The fraction of sp³-hybridized carbons (Fsp3) is 0.222. The number of thioether (sulfide) groups is 1. The lowest BCUT2D eigenvalue weighted by molar-refractivity contribution is -0.115. The van der Waals surface area contributed by atoms with Crippen molar-refractivity contribution in [3.8, 4) is 0 Å². The van der Waals surface area contributed by atoms with Crippen LogP contribution >= 0.6 is 11.8 Å². The number of oxazole rings is 1. The van der Waals surface area contributed by atoms with E-state index >= 15 is 0 Å². The number of hydrogen-bond acceptors (Lipinski definition) is 5. The van der Waals surface area contributed by atoms with Gasteiger partial charge in [-0.1, -0.05) is 11.8 Å². The molecule has 0 radical (unpaired) electrons. The molecule has 0 aliphatic carbocycles. The Bertz CT molecular complexity index is 509. The van der Waals surface area contributed by atoms with Crippen LogP contribution in [-0.2, 0) is 4.79 Å². The minimum absolute atomic E-state index is 0.159. The molecule has 0 aliphatic heterocycles. The van der Waals surface area contributed by atoms with E-state index in [-0.39, 0.29) is 5.75 Å². The molecule has 0 saturated heterocycles. The number of carbonyl (C=O) groups excluding carboxylic acids is 1. The summed E-state index contributed by atoms with van der Waals surface area (Å²) >= 11 is 1.17. The van der Waals surface area contributed by atoms with Crippen LogP contribution in [0.1, 0.15) is 5.69 Å². The van der Waals surface area contributed by atoms with Gasteiger partial charge in [-0.15, -0.1) is 0 Å². The van der Waals surface area contributed by atoms with Crippen molar-refractivity contribution in [3.05, 3.63) is 17.8 Å². The quantitative estimate of drug-likeness (QED) is 0.788. The summed E-state index contributed by atoms with van der Waals surface area (Å²) in [7, 11) is 0. The first-order valence-corrected chi connectivity index (χ1v) is 5.29. The van der Waals surface area contributed by atoms with Gasteiger partial charge in [0.05, 0.1) is 5.75 Å². The van der Waals surface area contributed by atoms with Crippen molar-refractivity contribution in [2.75, 3.05) is 5.75 Å². The van der Waals surface area contributed by atoms with Crippen molar-refractivity contribution in [2.45, 2.75) is 12.1 Å². The summed E-state index contributed by atoms with van der Waals surface area (Å²) in [4.78, 5) is 18.9. The summed E-state index contributed by atoms with van der Waals surface area (Å²) in [6.45, 7) is 1.88. The first kappa shape index (κ1) is 9.97. The zero-order valence-electron chi connectivity index (χ0n) is 8.06. The van der Waals surface area contributed by atoms with Crippen molar-refractivity contribution in [2.24, 2.45) is 5.73 Å². The number of carbonyl (C=O) groups is 1. The number of primary amides is 1. The van der Waals surface area contributed by atoms with Gasteiger partial charge in [-0.3, -0.25) is 4.79 Å². The molecule has 0 atom stereocenters. The average Bonchev–Trinajstić information content (AvgIpc) is 2.56. The van der Waals surface area contributed by atoms with Crippen LogP contribution in [0.2, 0.25) is 0 Å². The highest BCUT2D eigenvalue weighted by molar-refractivity contribution is 7.99. The summed E-state index contributed by atoms with van der Waals surface area (Å²) in [5.41, 5.74) is 7.07. The summed E-state index contributed by atoms with van der Waals surface area (Å²) in [5.74, 6) is -0.238. The second-order valence-corrected chi connectivity index (χ2v) is 3.94. The Morgan fingerprint density at radius 3 is 3.07 bits per heavy atom. The van der Waals surface area contributed by atoms with Crippen molar-refractivity contribution in [1.82, 2.24) is 9.97 Å². The van der Waals surface area contributed by atoms with Crippen molar-refractivity contribution < 1.29 is 9.21 Å². The summed E-state index contributed by atoms with van der Waals surface area (Å²) in [5, 5.41) is 0.418. The Morgan fingerprint density at radius 1 is 1.53 bits per heavy atom. The fourth-order valence-electron chi connectivity index (χ4n) is 1.09. The van der Waals surface area contributed by atoms with Gasteiger partial charge in [0, 0.05) is 5.69 Å². The zero-order chi connectivity index (χ0) is 10.8. The van der Waals surface area contributed by atoms with E-state index in [1.807, 2.05) is 13.0 Å².